The molecule has 0 spiro atoms. The van der Waals surface area contributed by atoms with E-state index in [1.165, 1.54) is 10.9 Å². The molecule has 1 aliphatic carbocycles. The molecule has 0 fully saturated rings. The van der Waals surface area contributed by atoms with Gasteiger partial charge in [0.1, 0.15) is 0 Å². The SMILES string of the molecule is CCCC1CCc2cccc(P(P)PP)c2C1=O. The predicted molar refractivity (Wildman–Crippen MR) is 91.8 cm³/mol. The van der Waals surface area contributed by atoms with Gasteiger partial charge in [0, 0.05) is 11.5 Å². The fourth-order valence-electron chi connectivity index (χ4n) is 2.64. The maximum atomic E-state index is 12.6. The predicted octanol–water partition coefficient (Wildman–Crippen LogP) is 4.51. The average molecular weight is 316 g/mol. The van der Waals surface area contributed by atoms with E-state index >= 15 is 0 Å². The largest absolute Gasteiger partial charge is 0.294 e. The third-order valence-electron chi connectivity index (χ3n) is 3.54. The number of rotatable bonds is 4. The molecule has 1 aromatic carbocycles. The van der Waals surface area contributed by atoms with Crippen molar-refractivity contribution >= 4 is 44.2 Å². The Kier molecular flexibility index (Phi) is 5.72. The van der Waals surface area contributed by atoms with Crippen molar-refractivity contribution in [2.45, 2.75) is 32.6 Å². The van der Waals surface area contributed by atoms with E-state index in [1.54, 1.807) is 0 Å². The minimum atomic E-state index is -0.256. The molecule has 1 nitrogen and oxygen atoms in total. The summed E-state index contributed by atoms with van der Waals surface area (Å²) in [5.74, 6) is 0.678. The van der Waals surface area contributed by atoms with E-state index in [9.17, 15) is 4.79 Å². The van der Waals surface area contributed by atoms with Crippen LogP contribution in [0.5, 0.6) is 0 Å². The zero-order valence-electron chi connectivity index (χ0n) is 10.6. The maximum Gasteiger partial charge on any atom is 0.166 e. The van der Waals surface area contributed by atoms with E-state index in [-0.39, 0.29) is 13.2 Å². The molecule has 5 atom stereocenters. The standard InChI is InChI=1S/C13H20OP4/c1-2-4-10-8-7-9-5-3-6-11(18(16)17-15)12(9)13(10)14/h3,5-6,10,17H,2,4,7-8,15-16H2,1H3. The number of hydrogen-bond donors (Lipinski definition) is 0. The highest BCUT2D eigenvalue weighted by atomic mass is 32.6. The third-order valence-corrected chi connectivity index (χ3v) is 13.6. The summed E-state index contributed by atoms with van der Waals surface area (Å²) in [7, 11) is 6.31. The molecule has 0 N–H and O–H groups in total. The van der Waals surface area contributed by atoms with E-state index < -0.39 is 0 Å². The van der Waals surface area contributed by atoms with E-state index in [4.69, 9.17) is 0 Å². The molecule has 0 aliphatic heterocycles. The molecule has 5 heteroatoms. The Morgan fingerprint density at radius 3 is 2.94 bits per heavy atom. The van der Waals surface area contributed by atoms with Crippen LogP contribution in [0.1, 0.15) is 42.1 Å². The Labute approximate surface area is 117 Å². The van der Waals surface area contributed by atoms with Crippen LogP contribution in [0.15, 0.2) is 18.2 Å². The molecule has 1 aromatic rings. The maximum absolute atomic E-state index is 12.6. The highest BCUT2D eigenvalue weighted by Gasteiger charge is 2.29. The summed E-state index contributed by atoms with van der Waals surface area (Å²) in [5, 5.41) is 1.30. The number of benzene rings is 1. The molecule has 0 bridgehead atoms. The number of ketones is 1. The summed E-state index contributed by atoms with van der Waals surface area (Å²) < 4.78 is 0. The highest BCUT2D eigenvalue weighted by molar-refractivity contribution is 8.63. The third kappa shape index (κ3) is 3.02. The molecule has 18 heavy (non-hydrogen) atoms. The lowest BCUT2D eigenvalue weighted by molar-refractivity contribution is 0.0895. The lowest BCUT2D eigenvalue weighted by Crippen LogP contribution is -2.27. The first kappa shape index (κ1) is 15.0. The van der Waals surface area contributed by atoms with Crippen LogP contribution in [0.25, 0.3) is 0 Å². The quantitative estimate of drug-likeness (QED) is 0.747. The van der Waals surface area contributed by atoms with Gasteiger partial charge in [0.05, 0.1) is 0 Å². The summed E-state index contributed by atoms with van der Waals surface area (Å²) >= 11 is 0. The van der Waals surface area contributed by atoms with Gasteiger partial charge >= 0.3 is 0 Å². The van der Waals surface area contributed by atoms with Gasteiger partial charge in [-0.3, -0.25) is 4.79 Å². The lowest BCUT2D eigenvalue weighted by atomic mass is 9.80. The average Bonchev–Trinajstić information content (AvgIpc) is 2.40. The zero-order chi connectivity index (χ0) is 13.1. The Bertz CT molecular complexity index is 447. The van der Waals surface area contributed by atoms with Crippen molar-refractivity contribution in [1.82, 2.24) is 0 Å². The number of carbonyl (C=O) groups is 1. The Morgan fingerprint density at radius 2 is 2.28 bits per heavy atom. The van der Waals surface area contributed by atoms with Crippen molar-refractivity contribution in [2.24, 2.45) is 5.92 Å². The molecule has 5 unspecified atom stereocenters. The molecular formula is C13H20OP4. The van der Waals surface area contributed by atoms with E-state index in [0.29, 0.717) is 5.78 Å². The van der Waals surface area contributed by atoms with E-state index in [2.05, 4.69) is 43.0 Å². The first-order valence-electron chi connectivity index (χ1n) is 6.36. The molecule has 1 aliphatic rings. The van der Waals surface area contributed by atoms with Crippen LogP contribution in [0.3, 0.4) is 0 Å². The van der Waals surface area contributed by atoms with Gasteiger partial charge in [-0.2, -0.15) is 0 Å². The smallest absolute Gasteiger partial charge is 0.166 e. The molecule has 0 heterocycles. The number of hydrogen-bond acceptors (Lipinski definition) is 1. The number of aryl methyl sites for hydroxylation is 1. The number of carbonyl (C=O) groups excluding carboxylic acids is 1. The second-order valence-electron chi connectivity index (χ2n) is 4.70. The topological polar surface area (TPSA) is 17.1 Å². The van der Waals surface area contributed by atoms with Gasteiger partial charge in [-0.05, 0) is 37.4 Å². The number of Topliss-reactive ketones (excluding diaryl/α,β-unsaturated/α-hetero) is 1. The highest BCUT2D eigenvalue weighted by Crippen LogP contribution is 2.65. The van der Waals surface area contributed by atoms with Crippen LogP contribution in [-0.2, 0) is 6.42 Å². The van der Waals surface area contributed by atoms with Crippen molar-refractivity contribution in [3.63, 3.8) is 0 Å². The van der Waals surface area contributed by atoms with Gasteiger partial charge in [0.15, 0.2) is 5.78 Å². The van der Waals surface area contributed by atoms with Crippen molar-refractivity contribution in [3.05, 3.63) is 29.3 Å². The van der Waals surface area contributed by atoms with Crippen molar-refractivity contribution < 1.29 is 4.79 Å². The van der Waals surface area contributed by atoms with Crippen LogP contribution >= 0.6 is 33.1 Å². The fraction of sp³-hybridized carbons (Fsp3) is 0.462. The van der Waals surface area contributed by atoms with Crippen LogP contribution in [-0.4, -0.2) is 5.78 Å². The molecule has 0 saturated heterocycles. The minimum absolute atomic E-state index is 0.256. The summed E-state index contributed by atoms with van der Waals surface area (Å²) in [6.07, 6.45) is 4.27. The van der Waals surface area contributed by atoms with Gasteiger partial charge < -0.3 is 0 Å². The first-order valence-corrected chi connectivity index (χ1v) is 13.0. The molecule has 0 radical (unpaired) electrons. The Morgan fingerprint density at radius 1 is 1.50 bits per heavy atom. The first-order chi connectivity index (χ1) is 8.69. The zero-order valence-corrected chi connectivity index (χ0v) is 14.9. The van der Waals surface area contributed by atoms with E-state index in [0.717, 1.165) is 39.2 Å². The summed E-state index contributed by atoms with van der Waals surface area (Å²) in [5.41, 5.74) is 2.35. The Balaban J connectivity index is 2.41. The van der Waals surface area contributed by atoms with Gasteiger partial charge in [0.25, 0.3) is 0 Å². The minimum Gasteiger partial charge on any atom is -0.294 e. The van der Waals surface area contributed by atoms with Crippen LogP contribution in [0.2, 0.25) is 0 Å². The van der Waals surface area contributed by atoms with Crippen LogP contribution in [0.4, 0.5) is 0 Å². The summed E-state index contributed by atoms with van der Waals surface area (Å²) in [6.45, 7) is 2.17. The number of fused-ring (bicyclic) bond motifs is 1. The van der Waals surface area contributed by atoms with Gasteiger partial charge in [-0.1, -0.05) is 39.5 Å². The van der Waals surface area contributed by atoms with Gasteiger partial charge in [-0.25, -0.2) is 0 Å². The van der Waals surface area contributed by atoms with Crippen molar-refractivity contribution in [1.29, 1.82) is 0 Å². The second-order valence-corrected chi connectivity index (χ2v) is 13.8. The van der Waals surface area contributed by atoms with Crippen molar-refractivity contribution in [2.75, 3.05) is 0 Å². The van der Waals surface area contributed by atoms with Gasteiger partial charge in [-0.15, -0.1) is 17.9 Å². The molecule has 2 rings (SSSR count). The second kappa shape index (κ2) is 6.86. The van der Waals surface area contributed by atoms with Crippen LogP contribution in [0, 0.1) is 5.92 Å². The molecule has 0 saturated carbocycles. The fourth-order valence-corrected chi connectivity index (χ4v) is 6.39. The Hall–Kier alpha value is 0.610. The van der Waals surface area contributed by atoms with Crippen molar-refractivity contribution in [3.8, 4) is 0 Å². The summed E-state index contributed by atoms with van der Waals surface area (Å²) in [4.78, 5) is 12.6. The van der Waals surface area contributed by atoms with Crippen LogP contribution < -0.4 is 5.30 Å². The molecule has 0 aromatic heterocycles. The monoisotopic (exact) mass is 316 g/mol. The normalized spacial score (nSPS) is 21.3. The molecule has 0 amide bonds. The summed E-state index contributed by atoms with van der Waals surface area (Å²) in [6, 6.07) is 6.41. The molecular weight excluding hydrogens is 296 g/mol. The van der Waals surface area contributed by atoms with E-state index in [1.807, 2.05) is 0 Å². The lowest BCUT2D eigenvalue weighted by Gasteiger charge is -2.26. The molecule has 98 valence electrons. The van der Waals surface area contributed by atoms with Gasteiger partial charge in [0.2, 0.25) is 0 Å².